The molecule has 0 heterocycles. The molecule has 0 radical (unpaired) electrons. The standard InChI is InChI=1S/C43H26/c1-6-16-33-27(11-1)21-24-37-36-23-22-30(41-31-14-4-2-12-28(31)25-29-13-3-5-15-32(29)41)26-40(36)43(42(33)37)38-19-9-7-17-34(38)35-18-8-10-20-39(35)43/h1-26H. The monoisotopic (exact) mass is 542 g/mol. The maximum atomic E-state index is 2.52. The van der Waals surface area contributed by atoms with Crippen molar-refractivity contribution >= 4 is 32.3 Å². The van der Waals surface area contributed by atoms with Gasteiger partial charge in [-0.05, 0) is 100 Å². The van der Waals surface area contributed by atoms with Crippen molar-refractivity contribution in [3.63, 3.8) is 0 Å². The van der Waals surface area contributed by atoms with Crippen molar-refractivity contribution in [3.8, 4) is 33.4 Å². The largest absolute Gasteiger partial charge is 0.0731 e. The Balaban J connectivity index is 1.39. The molecule has 0 nitrogen and oxygen atoms in total. The minimum Gasteiger partial charge on any atom is -0.0619 e. The normalized spacial score (nSPS) is 13.8. The molecular formula is C43H26. The van der Waals surface area contributed by atoms with E-state index >= 15 is 0 Å². The highest BCUT2D eigenvalue weighted by Gasteiger charge is 2.52. The van der Waals surface area contributed by atoms with Crippen LogP contribution in [-0.4, -0.2) is 0 Å². The second-order valence-corrected chi connectivity index (χ2v) is 12.0. The van der Waals surface area contributed by atoms with Crippen LogP contribution in [0.15, 0.2) is 158 Å². The molecule has 198 valence electrons. The van der Waals surface area contributed by atoms with Gasteiger partial charge in [0.05, 0.1) is 5.41 Å². The van der Waals surface area contributed by atoms with Gasteiger partial charge in [0.2, 0.25) is 0 Å². The van der Waals surface area contributed by atoms with Crippen molar-refractivity contribution in [1.82, 2.24) is 0 Å². The van der Waals surface area contributed by atoms with E-state index in [1.807, 2.05) is 0 Å². The van der Waals surface area contributed by atoms with Crippen LogP contribution in [0.1, 0.15) is 22.3 Å². The van der Waals surface area contributed by atoms with Crippen LogP contribution < -0.4 is 0 Å². The van der Waals surface area contributed by atoms with Gasteiger partial charge in [-0.2, -0.15) is 0 Å². The summed E-state index contributed by atoms with van der Waals surface area (Å²) < 4.78 is 0. The van der Waals surface area contributed by atoms with E-state index in [1.165, 1.54) is 88.0 Å². The van der Waals surface area contributed by atoms with Gasteiger partial charge in [0.15, 0.2) is 0 Å². The Morgan fingerprint density at radius 3 is 1.51 bits per heavy atom. The maximum Gasteiger partial charge on any atom is 0.0731 e. The Labute approximate surface area is 250 Å². The number of benzene rings is 8. The third kappa shape index (κ3) is 2.86. The van der Waals surface area contributed by atoms with Gasteiger partial charge >= 0.3 is 0 Å². The van der Waals surface area contributed by atoms with E-state index in [9.17, 15) is 0 Å². The summed E-state index contributed by atoms with van der Waals surface area (Å²) in [6, 6.07) is 59.1. The molecule has 0 bridgehead atoms. The van der Waals surface area contributed by atoms with Crippen molar-refractivity contribution in [1.29, 1.82) is 0 Å². The van der Waals surface area contributed by atoms with Gasteiger partial charge in [-0.15, -0.1) is 0 Å². The first-order chi connectivity index (χ1) is 21.3. The Morgan fingerprint density at radius 2 is 0.837 bits per heavy atom. The van der Waals surface area contributed by atoms with Gasteiger partial charge in [0, 0.05) is 0 Å². The molecule has 0 atom stereocenters. The fraction of sp³-hybridized carbons (Fsp3) is 0.0233. The third-order valence-corrected chi connectivity index (χ3v) is 10.0. The highest BCUT2D eigenvalue weighted by atomic mass is 14.5. The van der Waals surface area contributed by atoms with Crippen LogP contribution in [0.25, 0.3) is 65.7 Å². The van der Waals surface area contributed by atoms with Crippen LogP contribution in [0.3, 0.4) is 0 Å². The predicted molar refractivity (Wildman–Crippen MR) is 181 cm³/mol. The molecule has 0 amide bonds. The van der Waals surface area contributed by atoms with Crippen molar-refractivity contribution in [2.75, 3.05) is 0 Å². The quantitative estimate of drug-likeness (QED) is 0.181. The molecule has 8 aromatic rings. The topological polar surface area (TPSA) is 0 Å². The molecular weight excluding hydrogens is 516 g/mol. The first-order valence-corrected chi connectivity index (χ1v) is 15.1. The zero-order chi connectivity index (χ0) is 28.1. The fourth-order valence-corrected chi connectivity index (χ4v) is 8.40. The molecule has 0 aromatic heterocycles. The van der Waals surface area contributed by atoms with Crippen molar-refractivity contribution in [2.24, 2.45) is 0 Å². The lowest BCUT2D eigenvalue weighted by atomic mass is 9.69. The second-order valence-electron chi connectivity index (χ2n) is 12.0. The van der Waals surface area contributed by atoms with E-state index < -0.39 is 5.41 Å². The van der Waals surface area contributed by atoms with Crippen molar-refractivity contribution in [3.05, 3.63) is 180 Å². The van der Waals surface area contributed by atoms with Gasteiger partial charge in [-0.1, -0.05) is 146 Å². The SMILES string of the molecule is c1ccc2c(c1)-c1ccccc1C21c2cc(-c3c4ccccc4cc4ccccc34)ccc2-c2ccc3ccccc3c21. The molecule has 0 unspecified atom stereocenters. The van der Waals surface area contributed by atoms with Gasteiger partial charge in [-0.25, -0.2) is 0 Å². The van der Waals surface area contributed by atoms with Crippen LogP contribution in [0, 0.1) is 0 Å². The molecule has 10 rings (SSSR count). The minimum absolute atomic E-state index is 0.394. The molecule has 8 aromatic carbocycles. The summed E-state index contributed by atoms with van der Waals surface area (Å²) in [6.07, 6.45) is 0. The summed E-state index contributed by atoms with van der Waals surface area (Å²) in [5, 5.41) is 7.76. The molecule has 1 spiro atoms. The fourth-order valence-electron chi connectivity index (χ4n) is 8.40. The molecule has 0 heteroatoms. The van der Waals surface area contributed by atoms with Crippen LogP contribution in [-0.2, 0) is 5.41 Å². The van der Waals surface area contributed by atoms with Crippen LogP contribution in [0.5, 0.6) is 0 Å². The Hall–Kier alpha value is -5.46. The Bertz CT molecular complexity index is 2360. The lowest BCUT2D eigenvalue weighted by Gasteiger charge is -2.31. The number of hydrogen-bond acceptors (Lipinski definition) is 0. The van der Waals surface area contributed by atoms with E-state index in [2.05, 4.69) is 158 Å². The average molecular weight is 543 g/mol. The average Bonchev–Trinajstić information content (AvgIpc) is 3.54. The molecule has 0 saturated heterocycles. The summed E-state index contributed by atoms with van der Waals surface area (Å²) in [6.45, 7) is 0. The summed E-state index contributed by atoms with van der Waals surface area (Å²) in [5.74, 6) is 0. The van der Waals surface area contributed by atoms with Crippen LogP contribution in [0.2, 0.25) is 0 Å². The smallest absolute Gasteiger partial charge is 0.0619 e. The van der Waals surface area contributed by atoms with E-state index in [1.54, 1.807) is 0 Å². The lowest BCUT2D eigenvalue weighted by Crippen LogP contribution is -2.26. The molecule has 0 fully saturated rings. The van der Waals surface area contributed by atoms with E-state index in [0.717, 1.165) is 0 Å². The molecule has 0 saturated carbocycles. The second kappa shape index (κ2) is 8.31. The highest BCUT2D eigenvalue weighted by Crippen LogP contribution is 2.64. The maximum absolute atomic E-state index is 2.52. The van der Waals surface area contributed by atoms with Crippen molar-refractivity contribution < 1.29 is 0 Å². The number of hydrogen-bond donors (Lipinski definition) is 0. The van der Waals surface area contributed by atoms with Gasteiger partial charge in [0.25, 0.3) is 0 Å². The van der Waals surface area contributed by atoms with Gasteiger partial charge in [-0.3, -0.25) is 0 Å². The van der Waals surface area contributed by atoms with Gasteiger partial charge in [0.1, 0.15) is 0 Å². The zero-order valence-electron chi connectivity index (χ0n) is 23.5. The first-order valence-electron chi connectivity index (χ1n) is 15.1. The molecule has 0 N–H and O–H groups in total. The minimum atomic E-state index is -0.394. The van der Waals surface area contributed by atoms with E-state index in [-0.39, 0.29) is 0 Å². The summed E-state index contributed by atoms with van der Waals surface area (Å²) in [7, 11) is 0. The Kier molecular flexibility index (Phi) is 4.47. The molecule has 2 aliphatic carbocycles. The van der Waals surface area contributed by atoms with Gasteiger partial charge < -0.3 is 0 Å². The van der Waals surface area contributed by atoms with E-state index in [0.29, 0.717) is 0 Å². The number of rotatable bonds is 1. The van der Waals surface area contributed by atoms with E-state index in [4.69, 9.17) is 0 Å². The lowest BCUT2D eigenvalue weighted by molar-refractivity contribution is 0.801. The zero-order valence-corrected chi connectivity index (χ0v) is 23.5. The summed E-state index contributed by atoms with van der Waals surface area (Å²) in [4.78, 5) is 0. The molecule has 43 heavy (non-hydrogen) atoms. The third-order valence-electron chi connectivity index (χ3n) is 10.0. The predicted octanol–water partition coefficient (Wildman–Crippen LogP) is 11.2. The van der Waals surface area contributed by atoms with Crippen molar-refractivity contribution in [2.45, 2.75) is 5.41 Å². The summed E-state index contributed by atoms with van der Waals surface area (Å²) in [5.41, 5.74) is 13.1. The number of fused-ring (bicyclic) bond motifs is 14. The summed E-state index contributed by atoms with van der Waals surface area (Å²) >= 11 is 0. The van der Waals surface area contributed by atoms with Crippen LogP contribution >= 0.6 is 0 Å². The molecule has 0 aliphatic heterocycles. The first kappa shape index (κ1) is 23.1. The molecule has 2 aliphatic rings. The Morgan fingerprint density at radius 1 is 0.326 bits per heavy atom. The van der Waals surface area contributed by atoms with Crippen LogP contribution in [0.4, 0.5) is 0 Å². The highest BCUT2D eigenvalue weighted by molar-refractivity contribution is 6.13.